The fourth-order valence-corrected chi connectivity index (χ4v) is 3.93. The highest BCUT2D eigenvalue weighted by molar-refractivity contribution is 5.73. The van der Waals surface area contributed by atoms with Crippen molar-refractivity contribution in [2.75, 3.05) is 14.2 Å². The molecule has 0 amide bonds. The number of benzene rings is 2. The zero-order valence-electron chi connectivity index (χ0n) is 24.5. The molecule has 1 unspecified atom stereocenters. The molecule has 1 aliphatic carbocycles. The van der Waals surface area contributed by atoms with Gasteiger partial charge in [-0.3, -0.25) is 0 Å². The molecule has 0 aliphatic heterocycles. The monoisotopic (exact) mass is 558 g/mol. The summed E-state index contributed by atoms with van der Waals surface area (Å²) in [5.41, 5.74) is 6.92. The lowest BCUT2D eigenvalue weighted by Gasteiger charge is -2.16. The van der Waals surface area contributed by atoms with Gasteiger partial charge >= 0.3 is 5.97 Å². The number of carboxylic acid groups (broad SMARTS) is 1. The highest BCUT2D eigenvalue weighted by Gasteiger charge is 2.19. The molecule has 0 saturated heterocycles. The first kappa shape index (κ1) is 34.6. The highest BCUT2D eigenvalue weighted by atomic mass is 16.5. The van der Waals surface area contributed by atoms with Gasteiger partial charge in [0, 0.05) is 7.11 Å². The van der Waals surface area contributed by atoms with Crippen LogP contribution in [0, 0.1) is 0 Å². The first-order chi connectivity index (χ1) is 19.9. The van der Waals surface area contributed by atoms with Gasteiger partial charge in [0.1, 0.15) is 12.5 Å². The number of carbonyl (C=O) groups excluding carboxylic acids is 1. The van der Waals surface area contributed by atoms with Gasteiger partial charge in [-0.15, -0.1) is 0 Å². The average Bonchev–Trinajstić information content (AvgIpc) is 3.24. The zero-order chi connectivity index (χ0) is 30.6. The van der Waals surface area contributed by atoms with Crippen molar-refractivity contribution in [2.24, 2.45) is 0 Å². The van der Waals surface area contributed by atoms with Gasteiger partial charge in [0.05, 0.1) is 12.9 Å². The summed E-state index contributed by atoms with van der Waals surface area (Å²) >= 11 is 0. The molecule has 1 atom stereocenters. The largest absolute Gasteiger partial charge is 0.501 e. The molecule has 0 heterocycles. The summed E-state index contributed by atoms with van der Waals surface area (Å²) in [5, 5.41) is 16.7. The standard InChI is InChI=1S/C33H36O4.CH4O.CH2O/c1-5-26(11-10-25(3)36-4)23-28-14-20-31(21-15-28)37-32(33(34)35)22-16-27-12-18-30(19-13-27)29-8-6-7-24(2)9-17-29;2*1-2/h5-7,9-15,17-21,32H,1,8,16,22-23H2,2-4H3,(H,34,35);2H,1H3;1H2/b25-10+,26-11+;;. The lowest BCUT2D eigenvalue weighted by molar-refractivity contribution is -0.145. The van der Waals surface area contributed by atoms with E-state index in [-0.39, 0.29) is 0 Å². The number of aliphatic carboxylic acids is 1. The van der Waals surface area contributed by atoms with Gasteiger partial charge in [0.2, 0.25) is 0 Å². The van der Waals surface area contributed by atoms with Gasteiger partial charge < -0.3 is 24.5 Å². The van der Waals surface area contributed by atoms with E-state index >= 15 is 0 Å². The predicted octanol–water partition coefficient (Wildman–Crippen LogP) is 7.07. The molecule has 2 aromatic carbocycles. The maximum atomic E-state index is 11.9. The Balaban J connectivity index is 0.00000201. The SMILES string of the molecule is C=C/C(=C\C=C(/C)OC)Cc1ccc(OC(CCc2ccc(C3=CC=C(C)C=CC3)cc2)C(=O)O)cc1.C=O.CO. The van der Waals surface area contributed by atoms with Gasteiger partial charge in [-0.05, 0) is 85.6 Å². The third kappa shape index (κ3) is 12.5. The number of carbonyl (C=O) groups is 2. The molecule has 3 rings (SSSR count). The summed E-state index contributed by atoms with van der Waals surface area (Å²) in [6.07, 6.45) is 16.0. The first-order valence-corrected chi connectivity index (χ1v) is 13.3. The molecule has 0 radical (unpaired) electrons. The van der Waals surface area contributed by atoms with Crippen LogP contribution in [0.5, 0.6) is 5.75 Å². The van der Waals surface area contributed by atoms with E-state index in [4.69, 9.17) is 19.4 Å². The van der Waals surface area contributed by atoms with Crippen molar-refractivity contribution in [3.05, 3.63) is 131 Å². The Bertz CT molecular complexity index is 1240. The van der Waals surface area contributed by atoms with Gasteiger partial charge in [-0.2, -0.15) is 0 Å². The summed E-state index contributed by atoms with van der Waals surface area (Å²) in [5.74, 6) is 0.401. The fraction of sp³-hybridized carbons (Fsp3) is 0.257. The molecular weight excluding hydrogens is 516 g/mol. The maximum absolute atomic E-state index is 11.9. The van der Waals surface area contributed by atoms with Gasteiger partial charge in [-0.1, -0.05) is 85.0 Å². The number of hydrogen-bond donors (Lipinski definition) is 2. The summed E-state index contributed by atoms with van der Waals surface area (Å²) in [6.45, 7) is 9.87. The molecule has 6 nitrogen and oxygen atoms in total. The second-order valence-corrected chi connectivity index (χ2v) is 9.14. The van der Waals surface area contributed by atoms with Crippen LogP contribution in [0.2, 0.25) is 0 Å². The van der Waals surface area contributed by atoms with Crippen molar-refractivity contribution in [3.8, 4) is 5.75 Å². The van der Waals surface area contributed by atoms with E-state index in [1.165, 1.54) is 16.7 Å². The van der Waals surface area contributed by atoms with Crippen LogP contribution in [-0.2, 0) is 27.2 Å². The number of ether oxygens (including phenoxy) is 2. The Hall–Kier alpha value is -4.42. The molecule has 0 aromatic heterocycles. The Kier molecular flexibility index (Phi) is 16.6. The van der Waals surface area contributed by atoms with Crippen molar-refractivity contribution in [3.63, 3.8) is 0 Å². The van der Waals surface area contributed by atoms with Crippen molar-refractivity contribution < 1.29 is 29.3 Å². The topological polar surface area (TPSA) is 93.1 Å². The summed E-state index contributed by atoms with van der Waals surface area (Å²) in [6, 6.07) is 15.9. The number of allylic oxidation sites excluding steroid dienone is 11. The average molecular weight is 559 g/mol. The quantitative estimate of drug-likeness (QED) is 0.214. The third-order valence-corrected chi connectivity index (χ3v) is 6.29. The van der Waals surface area contributed by atoms with Crippen LogP contribution in [0.3, 0.4) is 0 Å². The van der Waals surface area contributed by atoms with Crippen molar-refractivity contribution in [2.45, 2.75) is 45.6 Å². The van der Waals surface area contributed by atoms with Crippen LogP contribution in [-0.4, -0.2) is 43.3 Å². The second-order valence-electron chi connectivity index (χ2n) is 9.14. The number of methoxy groups -OCH3 is 1. The van der Waals surface area contributed by atoms with Crippen molar-refractivity contribution >= 4 is 18.3 Å². The van der Waals surface area contributed by atoms with E-state index in [9.17, 15) is 9.90 Å². The van der Waals surface area contributed by atoms with Crippen LogP contribution >= 0.6 is 0 Å². The Morgan fingerprint density at radius 2 is 1.63 bits per heavy atom. The molecule has 0 fully saturated rings. The molecule has 0 spiro atoms. The van der Waals surface area contributed by atoms with E-state index in [2.05, 4.69) is 62.1 Å². The van der Waals surface area contributed by atoms with Crippen molar-refractivity contribution in [1.29, 1.82) is 0 Å². The first-order valence-electron chi connectivity index (χ1n) is 13.3. The zero-order valence-corrected chi connectivity index (χ0v) is 24.5. The molecule has 0 saturated carbocycles. The smallest absolute Gasteiger partial charge is 0.344 e. The van der Waals surface area contributed by atoms with E-state index in [1.54, 1.807) is 7.11 Å². The normalized spacial score (nSPS) is 13.6. The maximum Gasteiger partial charge on any atom is 0.344 e. The molecular formula is C35H42O6. The molecule has 2 N–H and O–H groups in total. The number of aliphatic hydroxyl groups excluding tert-OH is 1. The van der Waals surface area contributed by atoms with Crippen LogP contribution in [0.15, 0.2) is 115 Å². The number of rotatable bonds is 12. The van der Waals surface area contributed by atoms with Crippen LogP contribution in [0.25, 0.3) is 5.57 Å². The van der Waals surface area contributed by atoms with Crippen LogP contribution in [0.4, 0.5) is 0 Å². The van der Waals surface area contributed by atoms with Gasteiger partial charge in [-0.25, -0.2) is 4.79 Å². The van der Waals surface area contributed by atoms with E-state index in [1.807, 2.05) is 56.2 Å². The Labute approximate surface area is 244 Å². The summed E-state index contributed by atoms with van der Waals surface area (Å²) in [4.78, 5) is 19.9. The summed E-state index contributed by atoms with van der Waals surface area (Å²) in [7, 11) is 2.64. The second kappa shape index (κ2) is 19.6. The van der Waals surface area contributed by atoms with Crippen LogP contribution in [0.1, 0.15) is 43.4 Å². The third-order valence-electron chi connectivity index (χ3n) is 6.29. The lowest BCUT2D eigenvalue weighted by atomic mass is 9.99. The van der Waals surface area contributed by atoms with E-state index in [0.29, 0.717) is 25.0 Å². The predicted molar refractivity (Wildman–Crippen MR) is 167 cm³/mol. The van der Waals surface area contributed by atoms with Gasteiger partial charge in [0.15, 0.2) is 6.10 Å². The number of aryl methyl sites for hydroxylation is 1. The van der Waals surface area contributed by atoms with E-state index < -0.39 is 12.1 Å². The molecule has 6 heteroatoms. The number of carboxylic acids is 1. The minimum atomic E-state index is -0.963. The van der Waals surface area contributed by atoms with Gasteiger partial charge in [0.25, 0.3) is 0 Å². The number of hydrogen-bond acceptors (Lipinski definition) is 5. The minimum Gasteiger partial charge on any atom is -0.501 e. The van der Waals surface area contributed by atoms with Crippen molar-refractivity contribution in [1.82, 2.24) is 0 Å². The molecule has 0 bridgehead atoms. The van der Waals surface area contributed by atoms with E-state index in [0.717, 1.165) is 36.0 Å². The fourth-order valence-electron chi connectivity index (χ4n) is 3.93. The molecule has 2 aromatic rings. The van der Waals surface area contributed by atoms with Crippen LogP contribution < -0.4 is 4.74 Å². The molecule has 218 valence electrons. The summed E-state index contributed by atoms with van der Waals surface area (Å²) < 4.78 is 11.0. The highest BCUT2D eigenvalue weighted by Crippen LogP contribution is 2.23. The Morgan fingerprint density at radius 3 is 2.22 bits per heavy atom. The molecule has 1 aliphatic rings. The molecule has 41 heavy (non-hydrogen) atoms. The minimum absolute atomic E-state index is 0.387. The lowest BCUT2D eigenvalue weighted by Crippen LogP contribution is -2.27. The number of aliphatic hydroxyl groups is 1. The Morgan fingerprint density at radius 1 is 1.00 bits per heavy atom.